The van der Waals surface area contributed by atoms with Gasteiger partial charge in [-0.2, -0.15) is 0 Å². The normalized spacial score (nSPS) is 15.1. The van der Waals surface area contributed by atoms with Gasteiger partial charge in [-0.25, -0.2) is 0 Å². The van der Waals surface area contributed by atoms with E-state index < -0.39 is 11.9 Å². The number of rotatable bonds is 10. The first-order chi connectivity index (χ1) is 17.3. The molecule has 0 aliphatic carbocycles. The molecule has 1 unspecified atom stereocenters. The topological polar surface area (TPSA) is 91.2 Å². The van der Waals surface area contributed by atoms with Crippen molar-refractivity contribution in [1.29, 1.82) is 0 Å². The third-order valence-electron chi connectivity index (χ3n) is 5.89. The van der Waals surface area contributed by atoms with Gasteiger partial charge in [-0.3, -0.25) is 14.6 Å². The molecule has 0 saturated carbocycles. The predicted octanol–water partition coefficient (Wildman–Crippen LogP) is 5.26. The zero-order chi connectivity index (χ0) is 25.7. The van der Waals surface area contributed by atoms with Crippen LogP contribution < -0.4 is 10.1 Å². The summed E-state index contributed by atoms with van der Waals surface area (Å²) in [5.74, 6) is -0.788. The number of fused-ring (bicyclic) bond motifs is 1. The van der Waals surface area contributed by atoms with Crippen molar-refractivity contribution in [1.82, 2.24) is 4.90 Å². The molecule has 1 amide bonds. The van der Waals surface area contributed by atoms with E-state index in [0.29, 0.717) is 24.4 Å². The molecule has 186 valence electrons. The Kier molecular flexibility index (Phi) is 8.18. The second-order valence-electron chi connectivity index (χ2n) is 8.89. The molecule has 36 heavy (non-hydrogen) atoms. The lowest BCUT2D eigenvalue weighted by molar-refractivity contribution is -0.137. The fourth-order valence-electron chi connectivity index (χ4n) is 4.00. The first-order valence-corrected chi connectivity index (χ1v) is 12.5. The molecule has 8 heteroatoms. The number of aliphatic carboxylic acids is 1. The van der Waals surface area contributed by atoms with Gasteiger partial charge in [0.2, 0.25) is 5.91 Å². The van der Waals surface area contributed by atoms with Gasteiger partial charge in [0.25, 0.3) is 0 Å². The summed E-state index contributed by atoms with van der Waals surface area (Å²) in [6, 6.07) is 20.8. The van der Waals surface area contributed by atoms with E-state index >= 15 is 0 Å². The fourth-order valence-corrected chi connectivity index (χ4v) is 4.36. The van der Waals surface area contributed by atoms with Crippen LogP contribution in [0.5, 0.6) is 5.75 Å². The highest BCUT2D eigenvalue weighted by Gasteiger charge is 2.35. The number of nitrogens with one attached hydrogen (secondary N) is 1. The van der Waals surface area contributed by atoms with Gasteiger partial charge in [-0.05, 0) is 73.6 Å². The highest BCUT2D eigenvalue weighted by atomic mass is 79.9. The number of carbonyl (C=O) groups is 2. The maximum Gasteiger partial charge on any atom is 0.303 e. The molecule has 7 nitrogen and oxygen atoms in total. The van der Waals surface area contributed by atoms with E-state index in [1.807, 2.05) is 80.8 Å². The highest BCUT2D eigenvalue weighted by Crippen LogP contribution is 2.38. The molecule has 2 N–H and O–H groups in total. The lowest BCUT2D eigenvalue weighted by atomic mass is 9.90. The summed E-state index contributed by atoms with van der Waals surface area (Å²) in [7, 11) is 3.99. The van der Waals surface area contributed by atoms with E-state index in [-0.39, 0.29) is 12.3 Å². The summed E-state index contributed by atoms with van der Waals surface area (Å²) in [6.07, 6.45) is 0.509. The Balaban J connectivity index is 1.67. The molecule has 4 rings (SSSR count). The van der Waals surface area contributed by atoms with Crippen molar-refractivity contribution in [2.75, 3.05) is 32.6 Å². The van der Waals surface area contributed by atoms with Gasteiger partial charge in [0.1, 0.15) is 18.3 Å². The second kappa shape index (κ2) is 11.5. The van der Waals surface area contributed by atoms with Crippen molar-refractivity contribution in [3.05, 3.63) is 87.9 Å². The third-order valence-corrected chi connectivity index (χ3v) is 6.38. The summed E-state index contributed by atoms with van der Waals surface area (Å²) >= 11 is 3.47. The Morgan fingerprint density at radius 3 is 2.47 bits per heavy atom. The molecule has 0 spiro atoms. The Morgan fingerprint density at radius 2 is 1.81 bits per heavy atom. The van der Waals surface area contributed by atoms with Gasteiger partial charge in [0.15, 0.2) is 0 Å². The number of amides is 1. The number of hydrogen-bond acceptors (Lipinski definition) is 5. The number of halogens is 1. The number of nitrogens with zero attached hydrogens (tertiary/aromatic N) is 2. The minimum Gasteiger partial charge on any atom is -0.492 e. The Hall–Kier alpha value is -3.49. The van der Waals surface area contributed by atoms with Gasteiger partial charge in [-0.1, -0.05) is 46.3 Å². The zero-order valence-electron chi connectivity index (χ0n) is 20.2. The molecular formula is C28H28BrN3O4. The number of aryl methyl sites for hydroxylation is 1. The van der Waals surface area contributed by atoms with Gasteiger partial charge in [0.05, 0.1) is 11.4 Å². The quantitative estimate of drug-likeness (QED) is 0.336. The lowest BCUT2D eigenvalue weighted by Crippen LogP contribution is -2.22. The number of carboxylic acid groups (broad SMARTS) is 1. The van der Waals surface area contributed by atoms with Crippen LogP contribution >= 0.6 is 15.9 Å². The molecule has 0 saturated heterocycles. The van der Waals surface area contributed by atoms with Crippen LogP contribution in [0.4, 0.5) is 11.4 Å². The summed E-state index contributed by atoms with van der Waals surface area (Å²) < 4.78 is 6.67. The number of carbonyl (C=O) groups excluding carboxylic acids is 1. The van der Waals surface area contributed by atoms with Crippen molar-refractivity contribution in [3.8, 4) is 5.75 Å². The van der Waals surface area contributed by atoms with Crippen molar-refractivity contribution in [2.24, 2.45) is 4.99 Å². The largest absolute Gasteiger partial charge is 0.492 e. The molecule has 1 aliphatic heterocycles. The van der Waals surface area contributed by atoms with Crippen LogP contribution in [0, 0.1) is 0 Å². The molecular weight excluding hydrogens is 522 g/mol. The molecule has 0 bridgehead atoms. The molecule has 3 aromatic carbocycles. The van der Waals surface area contributed by atoms with Crippen molar-refractivity contribution < 1.29 is 19.4 Å². The lowest BCUT2D eigenvalue weighted by Gasteiger charge is -2.15. The van der Waals surface area contributed by atoms with Crippen molar-refractivity contribution >= 4 is 44.9 Å². The Morgan fingerprint density at radius 1 is 1.08 bits per heavy atom. The highest BCUT2D eigenvalue weighted by molar-refractivity contribution is 9.10. The van der Waals surface area contributed by atoms with Crippen LogP contribution in [-0.2, 0) is 16.0 Å². The van der Waals surface area contributed by atoms with Gasteiger partial charge >= 0.3 is 5.97 Å². The fraction of sp³-hybridized carbons (Fsp3) is 0.250. The number of anilines is 1. The van der Waals surface area contributed by atoms with Crippen LogP contribution in [0.1, 0.15) is 29.0 Å². The Bertz CT molecular complexity index is 1270. The minimum absolute atomic E-state index is 0.0660. The predicted molar refractivity (Wildman–Crippen MR) is 145 cm³/mol. The average molecular weight is 550 g/mol. The van der Waals surface area contributed by atoms with Crippen LogP contribution in [-0.4, -0.2) is 54.8 Å². The molecule has 1 atom stereocenters. The third kappa shape index (κ3) is 6.38. The summed E-state index contributed by atoms with van der Waals surface area (Å²) in [6.45, 7) is 1.41. The van der Waals surface area contributed by atoms with Crippen LogP contribution in [0.25, 0.3) is 0 Å². The Labute approximate surface area is 218 Å². The first kappa shape index (κ1) is 25.6. The van der Waals surface area contributed by atoms with Gasteiger partial charge < -0.3 is 20.1 Å². The maximum absolute atomic E-state index is 13.1. The number of ether oxygens (including phenoxy) is 1. The van der Waals surface area contributed by atoms with Crippen LogP contribution in [0.3, 0.4) is 0 Å². The summed E-state index contributed by atoms with van der Waals surface area (Å²) in [5, 5.41) is 12.0. The molecule has 1 aliphatic rings. The molecule has 0 aromatic heterocycles. The van der Waals surface area contributed by atoms with Crippen LogP contribution in [0.15, 0.2) is 76.2 Å². The number of carboxylic acids is 1. The van der Waals surface area contributed by atoms with E-state index in [2.05, 4.69) is 26.1 Å². The second-order valence-corrected chi connectivity index (χ2v) is 9.80. The van der Waals surface area contributed by atoms with Gasteiger partial charge in [0, 0.05) is 23.1 Å². The summed E-state index contributed by atoms with van der Waals surface area (Å²) in [4.78, 5) is 31.0. The zero-order valence-corrected chi connectivity index (χ0v) is 21.8. The smallest absolute Gasteiger partial charge is 0.303 e. The van der Waals surface area contributed by atoms with Crippen molar-refractivity contribution in [3.63, 3.8) is 0 Å². The minimum atomic E-state index is -0.833. The molecule has 0 fully saturated rings. The molecule has 1 heterocycles. The molecule has 0 radical (unpaired) electrons. The van der Waals surface area contributed by atoms with E-state index in [1.165, 1.54) is 0 Å². The van der Waals surface area contributed by atoms with Crippen LogP contribution in [0.2, 0.25) is 0 Å². The average Bonchev–Trinajstić information content (AvgIpc) is 3.16. The number of aliphatic imine (C=N–C) groups is 1. The number of benzene rings is 3. The molecule has 3 aromatic rings. The van der Waals surface area contributed by atoms with E-state index in [4.69, 9.17) is 14.8 Å². The number of likely N-dealkylation sites (N-methyl/N-ethyl adjacent to an activating group) is 1. The SMILES string of the molecule is CN(C)CCOc1ccc(N=C(c2ccc(CCC(=O)O)cc2)C2C(=O)Nc3cc(Br)ccc32)cc1. The maximum atomic E-state index is 13.1. The van der Waals surface area contributed by atoms with Gasteiger partial charge in [-0.15, -0.1) is 0 Å². The number of hydrogen-bond donors (Lipinski definition) is 2. The standard InChI is InChI=1S/C28H28BrN3O4/c1-32(2)15-16-36-22-11-9-21(10-12-22)30-27(19-6-3-18(4-7-19)5-14-25(33)34)26-23-13-8-20(29)17-24(23)31-28(26)35/h3-4,6-13,17,26H,5,14-16H2,1-2H3,(H,31,35)(H,33,34). The van der Waals surface area contributed by atoms with E-state index in [9.17, 15) is 9.59 Å². The first-order valence-electron chi connectivity index (χ1n) is 11.7. The van der Waals surface area contributed by atoms with Crippen molar-refractivity contribution in [2.45, 2.75) is 18.8 Å². The monoisotopic (exact) mass is 549 g/mol. The van der Waals surface area contributed by atoms with E-state index in [0.717, 1.165) is 39.1 Å². The summed E-state index contributed by atoms with van der Waals surface area (Å²) in [5.41, 5.74) is 4.67. The van der Waals surface area contributed by atoms with E-state index in [1.54, 1.807) is 0 Å².